The average molecular weight is 300 g/mol. The zero-order chi connectivity index (χ0) is 13.5. The van der Waals surface area contributed by atoms with Crippen LogP contribution in [0.1, 0.15) is 26.2 Å². The first-order valence-corrected chi connectivity index (χ1v) is 7.79. The van der Waals surface area contributed by atoms with Crippen LogP contribution in [0, 0.1) is 0 Å². The summed E-state index contributed by atoms with van der Waals surface area (Å²) in [5.41, 5.74) is 0. The molecule has 0 aromatic carbocycles. The molecule has 2 heterocycles. The number of ether oxygens (including phenoxy) is 1. The standard InChI is InChI=1S/C13H18ClN3OS/c1-2-3-7-18-8-4-6-15-11-10-5-9-19-12(10)17-13(14)16-11/h5,9H,2-4,6-8H2,1H3,(H,15,16,17). The summed E-state index contributed by atoms with van der Waals surface area (Å²) < 4.78 is 5.51. The molecule has 1 N–H and O–H groups in total. The summed E-state index contributed by atoms with van der Waals surface area (Å²) in [6, 6.07) is 2.01. The van der Waals surface area contributed by atoms with Gasteiger partial charge in [0.2, 0.25) is 5.28 Å². The maximum Gasteiger partial charge on any atom is 0.225 e. The van der Waals surface area contributed by atoms with Crippen molar-refractivity contribution < 1.29 is 4.74 Å². The van der Waals surface area contributed by atoms with E-state index in [1.165, 1.54) is 6.42 Å². The summed E-state index contributed by atoms with van der Waals surface area (Å²) in [5.74, 6) is 0.810. The van der Waals surface area contributed by atoms with Gasteiger partial charge in [-0.2, -0.15) is 0 Å². The number of anilines is 1. The Morgan fingerprint density at radius 3 is 3.00 bits per heavy atom. The quantitative estimate of drug-likeness (QED) is 0.592. The van der Waals surface area contributed by atoms with E-state index in [1.807, 2.05) is 11.4 Å². The first-order chi connectivity index (χ1) is 9.31. The van der Waals surface area contributed by atoms with Gasteiger partial charge in [-0.1, -0.05) is 13.3 Å². The van der Waals surface area contributed by atoms with Gasteiger partial charge in [-0.05, 0) is 35.9 Å². The van der Waals surface area contributed by atoms with Gasteiger partial charge >= 0.3 is 0 Å². The van der Waals surface area contributed by atoms with Crippen molar-refractivity contribution in [1.82, 2.24) is 9.97 Å². The Balaban J connectivity index is 1.79. The molecule has 0 saturated carbocycles. The predicted molar refractivity (Wildman–Crippen MR) is 81.3 cm³/mol. The molecule has 0 saturated heterocycles. The molecule has 0 amide bonds. The third kappa shape index (κ3) is 4.30. The Bertz CT molecular complexity index is 518. The Hall–Kier alpha value is -0.910. The van der Waals surface area contributed by atoms with Gasteiger partial charge in [0.25, 0.3) is 0 Å². The summed E-state index contributed by atoms with van der Waals surface area (Å²) in [4.78, 5) is 9.33. The van der Waals surface area contributed by atoms with E-state index in [-0.39, 0.29) is 5.28 Å². The minimum Gasteiger partial charge on any atom is -0.381 e. The van der Waals surface area contributed by atoms with Crippen molar-refractivity contribution in [2.45, 2.75) is 26.2 Å². The van der Waals surface area contributed by atoms with Gasteiger partial charge in [0.15, 0.2) is 0 Å². The van der Waals surface area contributed by atoms with Crippen molar-refractivity contribution in [3.05, 3.63) is 16.7 Å². The van der Waals surface area contributed by atoms with E-state index in [0.717, 1.165) is 48.6 Å². The monoisotopic (exact) mass is 299 g/mol. The van der Waals surface area contributed by atoms with Gasteiger partial charge in [-0.15, -0.1) is 11.3 Å². The van der Waals surface area contributed by atoms with E-state index in [4.69, 9.17) is 16.3 Å². The molecule has 0 radical (unpaired) electrons. The molecule has 0 unspecified atom stereocenters. The van der Waals surface area contributed by atoms with E-state index < -0.39 is 0 Å². The van der Waals surface area contributed by atoms with E-state index in [9.17, 15) is 0 Å². The van der Waals surface area contributed by atoms with Crippen molar-refractivity contribution in [2.24, 2.45) is 0 Å². The lowest BCUT2D eigenvalue weighted by molar-refractivity contribution is 0.131. The molecule has 2 rings (SSSR count). The van der Waals surface area contributed by atoms with E-state index >= 15 is 0 Å². The topological polar surface area (TPSA) is 47.0 Å². The summed E-state index contributed by atoms with van der Waals surface area (Å²) in [6.07, 6.45) is 3.26. The Morgan fingerprint density at radius 1 is 1.32 bits per heavy atom. The fourth-order valence-electron chi connectivity index (χ4n) is 1.69. The first-order valence-electron chi connectivity index (χ1n) is 6.53. The highest BCUT2D eigenvalue weighted by Gasteiger charge is 2.06. The summed E-state index contributed by atoms with van der Waals surface area (Å²) in [6.45, 7) is 4.61. The average Bonchev–Trinajstić information content (AvgIpc) is 2.85. The number of nitrogens with one attached hydrogen (secondary N) is 1. The van der Waals surface area contributed by atoms with Gasteiger partial charge in [-0.25, -0.2) is 9.97 Å². The van der Waals surface area contributed by atoms with Crippen LogP contribution in [0.15, 0.2) is 11.4 Å². The Kier molecular flexibility index (Phi) is 5.82. The van der Waals surface area contributed by atoms with Crippen molar-refractivity contribution in [2.75, 3.05) is 25.1 Å². The lowest BCUT2D eigenvalue weighted by Crippen LogP contribution is -2.08. The van der Waals surface area contributed by atoms with Gasteiger partial charge in [0, 0.05) is 19.8 Å². The Morgan fingerprint density at radius 2 is 2.16 bits per heavy atom. The molecule has 104 valence electrons. The normalized spacial score (nSPS) is 11.1. The zero-order valence-electron chi connectivity index (χ0n) is 11.0. The second-order valence-electron chi connectivity index (χ2n) is 4.23. The summed E-state index contributed by atoms with van der Waals surface area (Å²) in [5, 5.41) is 6.61. The van der Waals surface area contributed by atoms with Gasteiger partial charge < -0.3 is 10.1 Å². The highest BCUT2D eigenvalue weighted by molar-refractivity contribution is 7.16. The number of hydrogen-bond acceptors (Lipinski definition) is 5. The van der Waals surface area contributed by atoms with Crippen LogP contribution in [0.3, 0.4) is 0 Å². The molecule has 0 atom stereocenters. The number of unbranched alkanes of at least 4 members (excludes halogenated alkanes) is 1. The molecule has 0 spiro atoms. The molecule has 0 aliphatic heterocycles. The molecule has 6 heteroatoms. The molecule has 2 aromatic rings. The smallest absolute Gasteiger partial charge is 0.225 e. The lowest BCUT2D eigenvalue weighted by atomic mass is 10.3. The van der Waals surface area contributed by atoms with Crippen LogP contribution in [0.5, 0.6) is 0 Å². The van der Waals surface area contributed by atoms with E-state index in [1.54, 1.807) is 11.3 Å². The second-order valence-corrected chi connectivity index (χ2v) is 5.46. The summed E-state index contributed by atoms with van der Waals surface area (Å²) in [7, 11) is 0. The lowest BCUT2D eigenvalue weighted by Gasteiger charge is -2.07. The number of hydrogen-bond donors (Lipinski definition) is 1. The molecule has 0 aliphatic rings. The van der Waals surface area contributed by atoms with Crippen LogP contribution in [-0.4, -0.2) is 29.7 Å². The molecule has 0 bridgehead atoms. The number of thiophene rings is 1. The maximum absolute atomic E-state index is 5.90. The van der Waals surface area contributed by atoms with Gasteiger partial charge in [0.05, 0.1) is 5.39 Å². The number of fused-ring (bicyclic) bond motifs is 1. The van der Waals surface area contributed by atoms with Crippen molar-refractivity contribution >= 4 is 39.0 Å². The molecular weight excluding hydrogens is 282 g/mol. The van der Waals surface area contributed by atoms with Crippen molar-refractivity contribution in [3.63, 3.8) is 0 Å². The molecule has 4 nitrogen and oxygen atoms in total. The largest absolute Gasteiger partial charge is 0.381 e. The van der Waals surface area contributed by atoms with Crippen LogP contribution in [-0.2, 0) is 4.74 Å². The first kappa shape index (κ1) is 14.5. The highest BCUT2D eigenvalue weighted by atomic mass is 35.5. The summed E-state index contributed by atoms with van der Waals surface area (Å²) >= 11 is 7.47. The molecule has 2 aromatic heterocycles. The van der Waals surface area contributed by atoms with Gasteiger partial charge in [0.1, 0.15) is 10.6 Å². The zero-order valence-corrected chi connectivity index (χ0v) is 12.6. The molecular formula is C13H18ClN3OS. The van der Waals surface area contributed by atoms with Crippen LogP contribution in [0.25, 0.3) is 10.2 Å². The van der Waals surface area contributed by atoms with Crippen molar-refractivity contribution in [3.8, 4) is 0 Å². The number of aromatic nitrogens is 2. The minimum absolute atomic E-state index is 0.289. The van der Waals surface area contributed by atoms with E-state index in [2.05, 4.69) is 22.2 Å². The number of nitrogens with zero attached hydrogens (tertiary/aromatic N) is 2. The minimum atomic E-state index is 0.289. The van der Waals surface area contributed by atoms with E-state index in [0.29, 0.717) is 0 Å². The van der Waals surface area contributed by atoms with Crippen LogP contribution in [0.2, 0.25) is 5.28 Å². The van der Waals surface area contributed by atoms with Crippen LogP contribution in [0.4, 0.5) is 5.82 Å². The molecule has 0 aliphatic carbocycles. The number of halogens is 1. The maximum atomic E-state index is 5.90. The van der Waals surface area contributed by atoms with Gasteiger partial charge in [-0.3, -0.25) is 0 Å². The molecule has 0 fully saturated rings. The second kappa shape index (κ2) is 7.62. The highest BCUT2D eigenvalue weighted by Crippen LogP contribution is 2.26. The number of rotatable bonds is 8. The third-order valence-corrected chi connectivity index (χ3v) is 3.67. The molecule has 19 heavy (non-hydrogen) atoms. The third-order valence-electron chi connectivity index (χ3n) is 2.70. The Labute approximate surface area is 122 Å². The SMILES string of the molecule is CCCCOCCCNc1nc(Cl)nc2sccc12. The van der Waals surface area contributed by atoms with Crippen molar-refractivity contribution in [1.29, 1.82) is 0 Å². The fourth-order valence-corrected chi connectivity index (χ4v) is 2.68. The predicted octanol–water partition coefficient (Wildman–Crippen LogP) is 3.96. The van der Waals surface area contributed by atoms with Crippen LogP contribution < -0.4 is 5.32 Å². The van der Waals surface area contributed by atoms with Crippen LogP contribution >= 0.6 is 22.9 Å². The fraction of sp³-hybridized carbons (Fsp3) is 0.538.